The van der Waals surface area contributed by atoms with E-state index in [1.807, 2.05) is 25.1 Å². The molecule has 6 heteroatoms. The molecule has 6 nitrogen and oxygen atoms in total. The van der Waals surface area contributed by atoms with E-state index >= 15 is 0 Å². The van der Waals surface area contributed by atoms with Crippen LogP contribution in [0.25, 0.3) is 0 Å². The predicted octanol–water partition coefficient (Wildman–Crippen LogP) is 4.46. The van der Waals surface area contributed by atoms with Gasteiger partial charge in [-0.25, -0.2) is 0 Å². The van der Waals surface area contributed by atoms with Crippen molar-refractivity contribution in [1.29, 1.82) is 0 Å². The standard InChI is InChI=1S/C23H29N3O3/c1-15(2)21-11-6-8-16(3)23(21)26(18(5)28)13-12-22(29)25-20-10-7-9-19(14-20)24-17(4)27/h6-11,14-15H,12-13H2,1-5H3,(H,24,27)(H,25,29). The van der Waals surface area contributed by atoms with E-state index in [9.17, 15) is 14.4 Å². The van der Waals surface area contributed by atoms with E-state index in [2.05, 4.69) is 24.5 Å². The van der Waals surface area contributed by atoms with Crippen LogP contribution < -0.4 is 15.5 Å². The smallest absolute Gasteiger partial charge is 0.226 e. The number of rotatable bonds is 7. The van der Waals surface area contributed by atoms with Crippen molar-refractivity contribution in [2.75, 3.05) is 22.1 Å². The van der Waals surface area contributed by atoms with Crippen LogP contribution in [-0.2, 0) is 14.4 Å². The van der Waals surface area contributed by atoms with Crippen LogP contribution in [0, 0.1) is 6.92 Å². The Kier molecular flexibility index (Phi) is 7.53. The van der Waals surface area contributed by atoms with E-state index in [4.69, 9.17) is 0 Å². The maximum absolute atomic E-state index is 12.5. The first-order valence-corrected chi connectivity index (χ1v) is 9.74. The Bertz CT molecular complexity index is 906. The number of nitrogens with one attached hydrogen (secondary N) is 2. The van der Waals surface area contributed by atoms with Gasteiger partial charge in [0.05, 0.1) is 0 Å². The molecule has 0 aliphatic rings. The third-order valence-electron chi connectivity index (χ3n) is 4.57. The van der Waals surface area contributed by atoms with E-state index in [-0.39, 0.29) is 36.6 Å². The molecule has 154 valence electrons. The number of nitrogens with zero attached hydrogens (tertiary/aromatic N) is 1. The van der Waals surface area contributed by atoms with Gasteiger partial charge in [0, 0.05) is 43.9 Å². The lowest BCUT2D eigenvalue weighted by Crippen LogP contribution is -2.33. The number of hydrogen-bond acceptors (Lipinski definition) is 3. The number of aryl methyl sites for hydroxylation is 1. The Balaban J connectivity index is 2.12. The van der Waals surface area contributed by atoms with Crippen molar-refractivity contribution in [2.24, 2.45) is 0 Å². The van der Waals surface area contributed by atoms with Gasteiger partial charge in [-0.3, -0.25) is 14.4 Å². The van der Waals surface area contributed by atoms with Crippen molar-refractivity contribution in [3.8, 4) is 0 Å². The monoisotopic (exact) mass is 395 g/mol. The first kappa shape index (κ1) is 22.1. The predicted molar refractivity (Wildman–Crippen MR) is 117 cm³/mol. The van der Waals surface area contributed by atoms with Crippen molar-refractivity contribution in [3.63, 3.8) is 0 Å². The van der Waals surface area contributed by atoms with Gasteiger partial charge in [-0.2, -0.15) is 0 Å². The highest BCUT2D eigenvalue weighted by Crippen LogP contribution is 2.31. The summed E-state index contributed by atoms with van der Waals surface area (Å²) in [7, 11) is 0. The number of para-hydroxylation sites is 1. The normalized spacial score (nSPS) is 10.6. The highest BCUT2D eigenvalue weighted by atomic mass is 16.2. The first-order chi connectivity index (χ1) is 13.7. The zero-order valence-corrected chi connectivity index (χ0v) is 17.7. The van der Waals surface area contributed by atoms with Crippen molar-refractivity contribution >= 4 is 34.8 Å². The van der Waals surface area contributed by atoms with Gasteiger partial charge in [-0.05, 0) is 42.2 Å². The lowest BCUT2D eigenvalue weighted by atomic mass is 9.97. The second-order valence-corrected chi connectivity index (χ2v) is 7.40. The van der Waals surface area contributed by atoms with Crippen molar-refractivity contribution in [2.45, 2.75) is 47.0 Å². The van der Waals surface area contributed by atoms with E-state index in [1.165, 1.54) is 13.8 Å². The van der Waals surface area contributed by atoms with Gasteiger partial charge < -0.3 is 15.5 Å². The summed E-state index contributed by atoms with van der Waals surface area (Å²) in [6, 6.07) is 12.9. The summed E-state index contributed by atoms with van der Waals surface area (Å²) >= 11 is 0. The molecule has 0 aliphatic carbocycles. The first-order valence-electron chi connectivity index (χ1n) is 9.74. The van der Waals surface area contributed by atoms with Crippen LogP contribution in [-0.4, -0.2) is 24.3 Å². The van der Waals surface area contributed by atoms with Crippen molar-refractivity contribution < 1.29 is 14.4 Å². The van der Waals surface area contributed by atoms with Crippen molar-refractivity contribution in [3.05, 3.63) is 53.6 Å². The second-order valence-electron chi connectivity index (χ2n) is 7.40. The molecule has 0 saturated heterocycles. The average Bonchev–Trinajstić information content (AvgIpc) is 2.62. The molecule has 29 heavy (non-hydrogen) atoms. The second kappa shape index (κ2) is 9.87. The molecular formula is C23H29N3O3. The van der Waals surface area contributed by atoms with Gasteiger partial charge in [0.15, 0.2) is 0 Å². The number of carbonyl (C=O) groups is 3. The summed E-state index contributed by atoms with van der Waals surface area (Å²) in [6.45, 7) is 9.39. The minimum absolute atomic E-state index is 0.0957. The molecule has 2 aromatic carbocycles. The number of anilines is 3. The molecule has 0 atom stereocenters. The topological polar surface area (TPSA) is 78.5 Å². The van der Waals surface area contributed by atoms with Gasteiger partial charge in [0.2, 0.25) is 17.7 Å². The summed E-state index contributed by atoms with van der Waals surface area (Å²) in [5.41, 5.74) is 4.19. The fraction of sp³-hybridized carbons (Fsp3) is 0.348. The average molecular weight is 396 g/mol. The lowest BCUT2D eigenvalue weighted by molar-refractivity contribution is -0.117. The maximum atomic E-state index is 12.5. The molecule has 3 amide bonds. The number of carbonyl (C=O) groups excluding carboxylic acids is 3. The van der Waals surface area contributed by atoms with Crippen LogP contribution in [0.2, 0.25) is 0 Å². The van der Waals surface area contributed by atoms with Crippen molar-refractivity contribution in [1.82, 2.24) is 0 Å². The molecule has 0 fully saturated rings. The van der Waals surface area contributed by atoms with Crippen LogP contribution >= 0.6 is 0 Å². The van der Waals surface area contributed by atoms with E-state index in [1.54, 1.807) is 29.2 Å². The van der Waals surface area contributed by atoms with Crippen LogP contribution in [0.15, 0.2) is 42.5 Å². The summed E-state index contributed by atoms with van der Waals surface area (Å²) in [6.07, 6.45) is 0.163. The Labute approximate surface area is 172 Å². The number of hydrogen-bond donors (Lipinski definition) is 2. The third kappa shape index (κ3) is 6.17. The van der Waals surface area contributed by atoms with Crippen LogP contribution in [0.5, 0.6) is 0 Å². The van der Waals surface area contributed by atoms with Gasteiger partial charge in [-0.15, -0.1) is 0 Å². The highest BCUT2D eigenvalue weighted by Gasteiger charge is 2.20. The van der Waals surface area contributed by atoms with E-state index in [0.717, 1.165) is 16.8 Å². The van der Waals surface area contributed by atoms with Crippen LogP contribution in [0.1, 0.15) is 51.2 Å². The lowest BCUT2D eigenvalue weighted by Gasteiger charge is -2.27. The van der Waals surface area contributed by atoms with E-state index in [0.29, 0.717) is 11.4 Å². The zero-order chi connectivity index (χ0) is 21.6. The molecular weight excluding hydrogens is 366 g/mol. The molecule has 0 spiro atoms. The minimum Gasteiger partial charge on any atom is -0.326 e. The van der Waals surface area contributed by atoms with Crippen LogP contribution in [0.4, 0.5) is 17.1 Å². The minimum atomic E-state index is -0.198. The fourth-order valence-corrected chi connectivity index (χ4v) is 3.26. The summed E-state index contributed by atoms with van der Waals surface area (Å²) in [5.74, 6) is -0.209. The Morgan fingerprint density at radius 1 is 0.966 bits per heavy atom. The largest absolute Gasteiger partial charge is 0.326 e. The zero-order valence-electron chi connectivity index (χ0n) is 17.7. The molecule has 2 rings (SSSR count). The van der Waals surface area contributed by atoms with E-state index < -0.39 is 0 Å². The van der Waals surface area contributed by atoms with Gasteiger partial charge in [-0.1, -0.05) is 38.1 Å². The Hall–Kier alpha value is -3.15. The molecule has 0 bridgehead atoms. The van der Waals surface area contributed by atoms with Crippen LogP contribution in [0.3, 0.4) is 0 Å². The fourth-order valence-electron chi connectivity index (χ4n) is 3.26. The molecule has 0 heterocycles. The quantitative estimate of drug-likeness (QED) is 0.726. The SMILES string of the molecule is CC(=O)Nc1cccc(NC(=O)CCN(C(C)=O)c2c(C)cccc2C(C)C)c1. The molecule has 2 N–H and O–H groups in total. The molecule has 0 aromatic heterocycles. The molecule has 0 unspecified atom stereocenters. The van der Waals surface area contributed by atoms with Gasteiger partial charge in [0.1, 0.15) is 0 Å². The third-order valence-corrected chi connectivity index (χ3v) is 4.57. The Morgan fingerprint density at radius 2 is 1.59 bits per heavy atom. The van der Waals surface area contributed by atoms with Gasteiger partial charge in [0.25, 0.3) is 0 Å². The molecule has 2 aromatic rings. The number of benzene rings is 2. The maximum Gasteiger partial charge on any atom is 0.226 e. The summed E-state index contributed by atoms with van der Waals surface area (Å²) in [4.78, 5) is 37.7. The summed E-state index contributed by atoms with van der Waals surface area (Å²) in [5, 5.41) is 5.51. The van der Waals surface area contributed by atoms with Gasteiger partial charge >= 0.3 is 0 Å². The molecule has 0 saturated carbocycles. The number of amides is 3. The highest BCUT2D eigenvalue weighted by molar-refractivity contribution is 5.96. The summed E-state index contributed by atoms with van der Waals surface area (Å²) < 4.78 is 0. The Morgan fingerprint density at radius 3 is 2.17 bits per heavy atom. The molecule has 0 aliphatic heterocycles. The molecule has 0 radical (unpaired) electrons.